The van der Waals surface area contributed by atoms with Gasteiger partial charge in [-0.1, -0.05) is 53.5 Å². The van der Waals surface area contributed by atoms with E-state index >= 15 is 0 Å². The number of ether oxygens (including phenoxy) is 1. The average Bonchev–Trinajstić information content (AvgIpc) is 2.54. The van der Waals surface area contributed by atoms with Crippen LogP contribution in [0, 0.1) is 0 Å². The van der Waals surface area contributed by atoms with Crippen LogP contribution in [-0.2, 0) is 16.0 Å². The number of amides is 1. The van der Waals surface area contributed by atoms with E-state index in [4.69, 9.17) is 27.9 Å². The lowest BCUT2D eigenvalue weighted by atomic mass is 10.1. The molecule has 1 atom stereocenters. The molecule has 2 aromatic carbocycles. The van der Waals surface area contributed by atoms with Gasteiger partial charge in [0, 0.05) is 22.0 Å². The molecule has 0 aliphatic rings. The van der Waals surface area contributed by atoms with Gasteiger partial charge in [0.25, 0.3) is 5.91 Å². The predicted molar refractivity (Wildman–Crippen MR) is 94.5 cm³/mol. The van der Waals surface area contributed by atoms with Crippen molar-refractivity contribution in [1.82, 2.24) is 5.32 Å². The van der Waals surface area contributed by atoms with Crippen LogP contribution < -0.4 is 5.32 Å². The number of rotatable bonds is 6. The van der Waals surface area contributed by atoms with Crippen molar-refractivity contribution in [3.05, 3.63) is 69.7 Å². The van der Waals surface area contributed by atoms with E-state index in [0.717, 1.165) is 5.56 Å². The van der Waals surface area contributed by atoms with Crippen molar-refractivity contribution in [2.24, 2.45) is 0 Å². The van der Waals surface area contributed by atoms with Gasteiger partial charge in [-0.15, -0.1) is 0 Å². The van der Waals surface area contributed by atoms with E-state index in [-0.39, 0.29) is 12.2 Å². The molecule has 0 radical (unpaired) electrons. The monoisotopic (exact) mass is 365 g/mol. The molecule has 0 saturated carbocycles. The first-order valence-corrected chi connectivity index (χ1v) is 8.22. The third-order valence-corrected chi connectivity index (χ3v) is 3.72. The van der Waals surface area contributed by atoms with Crippen molar-refractivity contribution in [2.75, 3.05) is 6.61 Å². The average molecular weight is 366 g/mol. The Morgan fingerprint density at radius 2 is 1.71 bits per heavy atom. The number of nitrogens with one attached hydrogen (secondary N) is 1. The van der Waals surface area contributed by atoms with Gasteiger partial charge in [0.2, 0.25) is 0 Å². The van der Waals surface area contributed by atoms with Gasteiger partial charge >= 0.3 is 5.97 Å². The molecule has 0 heterocycles. The minimum absolute atomic E-state index is 0.239. The summed E-state index contributed by atoms with van der Waals surface area (Å²) in [6.07, 6.45) is 0.333. The second-order valence-corrected chi connectivity index (χ2v) is 6.00. The van der Waals surface area contributed by atoms with Crippen molar-refractivity contribution < 1.29 is 14.3 Å². The molecule has 0 fully saturated rings. The molecule has 0 bridgehead atoms. The molecule has 0 aliphatic carbocycles. The molecule has 0 aliphatic heterocycles. The summed E-state index contributed by atoms with van der Waals surface area (Å²) in [4.78, 5) is 24.6. The Bertz CT molecular complexity index is 699. The fourth-order valence-corrected chi connectivity index (χ4v) is 2.74. The maximum Gasteiger partial charge on any atom is 0.328 e. The maximum absolute atomic E-state index is 12.4. The van der Waals surface area contributed by atoms with Gasteiger partial charge in [-0.05, 0) is 30.7 Å². The van der Waals surface area contributed by atoms with Crippen LogP contribution in [0.1, 0.15) is 22.8 Å². The highest BCUT2D eigenvalue weighted by Crippen LogP contribution is 2.19. The lowest BCUT2D eigenvalue weighted by Gasteiger charge is -2.17. The first-order valence-electron chi connectivity index (χ1n) is 7.47. The number of carbonyl (C=O) groups is 2. The van der Waals surface area contributed by atoms with Gasteiger partial charge < -0.3 is 10.1 Å². The van der Waals surface area contributed by atoms with Crippen LogP contribution in [0.2, 0.25) is 10.0 Å². The molecule has 24 heavy (non-hydrogen) atoms. The van der Waals surface area contributed by atoms with E-state index in [9.17, 15) is 9.59 Å². The first kappa shape index (κ1) is 18.3. The van der Waals surface area contributed by atoms with Gasteiger partial charge in [-0.2, -0.15) is 0 Å². The lowest BCUT2D eigenvalue weighted by Crippen LogP contribution is -2.43. The number of benzene rings is 2. The van der Waals surface area contributed by atoms with E-state index in [1.54, 1.807) is 6.92 Å². The summed E-state index contributed by atoms with van der Waals surface area (Å²) in [7, 11) is 0. The maximum atomic E-state index is 12.4. The Kier molecular flexibility index (Phi) is 6.64. The summed E-state index contributed by atoms with van der Waals surface area (Å²) < 4.78 is 5.05. The summed E-state index contributed by atoms with van der Waals surface area (Å²) in [5.74, 6) is -0.920. The van der Waals surface area contributed by atoms with E-state index in [1.807, 2.05) is 30.3 Å². The lowest BCUT2D eigenvalue weighted by molar-refractivity contribution is -0.145. The van der Waals surface area contributed by atoms with Gasteiger partial charge in [0.15, 0.2) is 0 Å². The highest BCUT2D eigenvalue weighted by Gasteiger charge is 2.23. The third kappa shape index (κ3) is 5.25. The van der Waals surface area contributed by atoms with Crippen molar-refractivity contribution >= 4 is 35.1 Å². The molecule has 126 valence electrons. The van der Waals surface area contributed by atoms with E-state index in [0.29, 0.717) is 16.5 Å². The van der Waals surface area contributed by atoms with Crippen LogP contribution in [0.3, 0.4) is 0 Å². The van der Waals surface area contributed by atoms with Crippen LogP contribution in [0.25, 0.3) is 0 Å². The standard InChI is InChI=1S/C18H17Cl2NO3/c1-2-24-18(23)16(8-12-6-4-3-5-7-12)21-17(22)13-9-14(19)11-15(20)10-13/h3-7,9-11,16H,2,8H2,1H3,(H,21,22). The molecule has 1 amide bonds. The Balaban J connectivity index is 2.17. The Hall–Kier alpha value is -2.04. The molecular weight excluding hydrogens is 349 g/mol. The van der Waals surface area contributed by atoms with Crippen molar-refractivity contribution in [2.45, 2.75) is 19.4 Å². The van der Waals surface area contributed by atoms with Gasteiger partial charge in [0.1, 0.15) is 6.04 Å². The zero-order valence-electron chi connectivity index (χ0n) is 13.1. The van der Waals surface area contributed by atoms with Gasteiger partial charge in [-0.25, -0.2) is 4.79 Å². The molecule has 1 unspecified atom stereocenters. The van der Waals surface area contributed by atoms with Crippen LogP contribution in [0.4, 0.5) is 0 Å². The quantitative estimate of drug-likeness (QED) is 0.789. The fraction of sp³-hybridized carbons (Fsp3) is 0.222. The minimum atomic E-state index is -0.794. The molecule has 1 N–H and O–H groups in total. The number of carbonyl (C=O) groups excluding carboxylic acids is 2. The third-order valence-electron chi connectivity index (χ3n) is 3.28. The predicted octanol–water partition coefficient (Wildman–Crippen LogP) is 3.90. The molecule has 4 nitrogen and oxygen atoms in total. The Morgan fingerprint density at radius 3 is 2.29 bits per heavy atom. The zero-order chi connectivity index (χ0) is 17.5. The molecule has 0 saturated heterocycles. The summed E-state index contributed by atoms with van der Waals surface area (Å²) in [6.45, 7) is 1.96. The molecule has 0 aromatic heterocycles. The van der Waals surface area contributed by atoms with E-state index < -0.39 is 17.9 Å². The first-order chi connectivity index (χ1) is 11.5. The fourth-order valence-electron chi connectivity index (χ4n) is 2.21. The summed E-state index contributed by atoms with van der Waals surface area (Å²) in [5.41, 5.74) is 1.20. The van der Waals surface area contributed by atoms with E-state index in [2.05, 4.69) is 5.32 Å². The van der Waals surface area contributed by atoms with Gasteiger partial charge in [-0.3, -0.25) is 4.79 Å². The number of halogens is 2. The molecule has 6 heteroatoms. The highest BCUT2D eigenvalue weighted by molar-refractivity contribution is 6.35. The highest BCUT2D eigenvalue weighted by atomic mass is 35.5. The SMILES string of the molecule is CCOC(=O)C(Cc1ccccc1)NC(=O)c1cc(Cl)cc(Cl)c1. The zero-order valence-corrected chi connectivity index (χ0v) is 14.6. The molecule has 0 spiro atoms. The number of hydrogen-bond donors (Lipinski definition) is 1. The Labute approximate surface area is 150 Å². The summed E-state index contributed by atoms with van der Waals surface area (Å²) in [5, 5.41) is 3.39. The Morgan fingerprint density at radius 1 is 1.08 bits per heavy atom. The summed E-state index contributed by atoms with van der Waals surface area (Å²) in [6, 6.07) is 13.1. The molecular formula is C18H17Cl2NO3. The van der Waals surface area contributed by atoms with Crippen molar-refractivity contribution in [3.8, 4) is 0 Å². The van der Waals surface area contributed by atoms with Crippen LogP contribution in [0.15, 0.2) is 48.5 Å². The second kappa shape index (κ2) is 8.71. The summed E-state index contributed by atoms with van der Waals surface area (Å²) >= 11 is 11.8. The largest absolute Gasteiger partial charge is 0.464 e. The van der Waals surface area contributed by atoms with E-state index in [1.165, 1.54) is 18.2 Å². The van der Waals surface area contributed by atoms with Crippen LogP contribution in [0.5, 0.6) is 0 Å². The second-order valence-electron chi connectivity index (χ2n) is 5.13. The molecule has 2 aromatic rings. The van der Waals surface area contributed by atoms with Crippen LogP contribution in [-0.4, -0.2) is 24.5 Å². The normalized spacial score (nSPS) is 11.6. The van der Waals surface area contributed by atoms with Crippen molar-refractivity contribution in [3.63, 3.8) is 0 Å². The number of hydrogen-bond acceptors (Lipinski definition) is 3. The van der Waals surface area contributed by atoms with Crippen LogP contribution >= 0.6 is 23.2 Å². The smallest absolute Gasteiger partial charge is 0.328 e. The minimum Gasteiger partial charge on any atom is -0.464 e. The molecule has 2 rings (SSSR count). The van der Waals surface area contributed by atoms with Gasteiger partial charge in [0.05, 0.1) is 6.61 Å². The van der Waals surface area contributed by atoms with Crippen molar-refractivity contribution in [1.29, 1.82) is 0 Å². The topological polar surface area (TPSA) is 55.4 Å². The number of esters is 1.